The summed E-state index contributed by atoms with van der Waals surface area (Å²) in [4.78, 5) is 40.2. The van der Waals surface area contributed by atoms with Crippen molar-refractivity contribution in [1.82, 2.24) is 10.2 Å². The van der Waals surface area contributed by atoms with Gasteiger partial charge in [0.15, 0.2) is 0 Å². The van der Waals surface area contributed by atoms with Crippen molar-refractivity contribution in [3.63, 3.8) is 0 Å². The number of benzene rings is 1. The third kappa shape index (κ3) is 3.88. The number of piperazine rings is 1. The number of hydrogen-bond donors (Lipinski definition) is 2. The monoisotopic (exact) mass is 358 g/mol. The smallest absolute Gasteiger partial charge is 0.237 e. The number of amides is 3. The Kier molecular flexibility index (Phi) is 5.56. The predicted octanol–water partition coefficient (Wildman–Crippen LogP) is 1.27. The standard InChI is InChI=1S/C19H26N4O3/c1-3-22-10-8-20-19(26)16(22)12-17(24)21-14-6-7-15(13(2)11-14)23-9-4-5-18(23)25/h6-7,11,16H,3-5,8-10,12H2,1-2H3,(H,20,26)(H,21,24). The Morgan fingerprint density at radius 3 is 2.77 bits per heavy atom. The van der Waals surface area contributed by atoms with Crippen LogP contribution in [0.4, 0.5) is 11.4 Å². The largest absolute Gasteiger partial charge is 0.353 e. The molecule has 2 aliphatic rings. The van der Waals surface area contributed by atoms with Crippen LogP contribution in [0.3, 0.4) is 0 Å². The second kappa shape index (κ2) is 7.86. The average Bonchev–Trinajstić information content (AvgIpc) is 3.02. The van der Waals surface area contributed by atoms with Crippen LogP contribution in [0.5, 0.6) is 0 Å². The zero-order chi connectivity index (χ0) is 18.7. The summed E-state index contributed by atoms with van der Waals surface area (Å²) in [7, 11) is 0. The van der Waals surface area contributed by atoms with Crippen LogP contribution in [0.25, 0.3) is 0 Å². The van der Waals surface area contributed by atoms with Gasteiger partial charge in [0.2, 0.25) is 17.7 Å². The molecule has 0 radical (unpaired) electrons. The Morgan fingerprint density at radius 1 is 1.31 bits per heavy atom. The van der Waals surface area contributed by atoms with Gasteiger partial charge in [0.1, 0.15) is 0 Å². The molecule has 3 rings (SSSR count). The van der Waals surface area contributed by atoms with Crippen LogP contribution in [0.1, 0.15) is 31.7 Å². The quantitative estimate of drug-likeness (QED) is 0.831. The van der Waals surface area contributed by atoms with Crippen LogP contribution in [0.2, 0.25) is 0 Å². The van der Waals surface area contributed by atoms with Gasteiger partial charge in [0.05, 0.1) is 12.5 Å². The lowest BCUT2D eigenvalue weighted by Gasteiger charge is -2.33. The molecule has 0 saturated carbocycles. The molecular weight excluding hydrogens is 332 g/mol. The lowest BCUT2D eigenvalue weighted by Crippen LogP contribution is -2.56. The number of hydrogen-bond acceptors (Lipinski definition) is 4. The molecule has 0 bridgehead atoms. The van der Waals surface area contributed by atoms with Gasteiger partial charge in [0.25, 0.3) is 0 Å². The first-order chi connectivity index (χ1) is 12.5. The second-order valence-electron chi connectivity index (χ2n) is 6.84. The van der Waals surface area contributed by atoms with Gasteiger partial charge < -0.3 is 15.5 Å². The molecule has 1 aromatic rings. The lowest BCUT2D eigenvalue weighted by molar-refractivity contribution is -0.132. The van der Waals surface area contributed by atoms with E-state index >= 15 is 0 Å². The van der Waals surface area contributed by atoms with Crippen molar-refractivity contribution in [1.29, 1.82) is 0 Å². The molecule has 26 heavy (non-hydrogen) atoms. The summed E-state index contributed by atoms with van der Waals surface area (Å²) in [5.74, 6) is -0.130. The molecule has 0 spiro atoms. The van der Waals surface area contributed by atoms with E-state index in [0.717, 1.165) is 37.3 Å². The van der Waals surface area contributed by atoms with Crippen molar-refractivity contribution in [3.8, 4) is 0 Å². The minimum absolute atomic E-state index is 0.0904. The van der Waals surface area contributed by atoms with E-state index in [4.69, 9.17) is 0 Å². The molecule has 2 aliphatic heterocycles. The predicted molar refractivity (Wildman–Crippen MR) is 100 cm³/mol. The van der Waals surface area contributed by atoms with Crippen LogP contribution in [0, 0.1) is 6.92 Å². The molecule has 2 N–H and O–H groups in total. The number of aryl methyl sites for hydroxylation is 1. The van der Waals surface area contributed by atoms with Crippen LogP contribution in [-0.4, -0.2) is 54.8 Å². The number of likely N-dealkylation sites (N-methyl/N-ethyl adjacent to an activating group) is 1. The molecule has 2 heterocycles. The van der Waals surface area contributed by atoms with Crippen molar-refractivity contribution in [2.75, 3.05) is 36.4 Å². The molecule has 3 amide bonds. The summed E-state index contributed by atoms with van der Waals surface area (Å²) in [6, 6.07) is 5.14. The van der Waals surface area contributed by atoms with Gasteiger partial charge in [-0.1, -0.05) is 6.92 Å². The molecule has 7 heteroatoms. The topological polar surface area (TPSA) is 81.8 Å². The van der Waals surface area contributed by atoms with E-state index in [2.05, 4.69) is 10.6 Å². The van der Waals surface area contributed by atoms with E-state index in [0.29, 0.717) is 18.7 Å². The highest BCUT2D eigenvalue weighted by Gasteiger charge is 2.30. The Morgan fingerprint density at radius 2 is 2.12 bits per heavy atom. The number of carbonyl (C=O) groups excluding carboxylic acids is 3. The van der Waals surface area contributed by atoms with E-state index in [1.54, 1.807) is 4.90 Å². The fourth-order valence-electron chi connectivity index (χ4n) is 3.69. The average molecular weight is 358 g/mol. The van der Waals surface area contributed by atoms with Crippen molar-refractivity contribution < 1.29 is 14.4 Å². The fraction of sp³-hybridized carbons (Fsp3) is 0.526. The Balaban J connectivity index is 1.65. The molecule has 0 aromatic heterocycles. The third-order valence-electron chi connectivity index (χ3n) is 5.07. The second-order valence-corrected chi connectivity index (χ2v) is 6.84. The number of carbonyl (C=O) groups is 3. The van der Waals surface area contributed by atoms with Gasteiger partial charge in [-0.05, 0) is 43.7 Å². The SMILES string of the molecule is CCN1CCNC(=O)C1CC(=O)Nc1ccc(N2CCCC2=O)c(C)c1. The molecule has 1 unspecified atom stereocenters. The van der Waals surface area contributed by atoms with Gasteiger partial charge in [0, 0.05) is 37.4 Å². The fourth-order valence-corrected chi connectivity index (χ4v) is 3.69. The maximum absolute atomic E-state index is 12.4. The molecule has 1 atom stereocenters. The van der Waals surface area contributed by atoms with E-state index in [1.807, 2.05) is 36.9 Å². The number of nitrogens with zero attached hydrogens (tertiary/aromatic N) is 2. The van der Waals surface area contributed by atoms with Crippen LogP contribution in [0.15, 0.2) is 18.2 Å². The first-order valence-corrected chi connectivity index (χ1v) is 9.22. The first-order valence-electron chi connectivity index (χ1n) is 9.22. The highest BCUT2D eigenvalue weighted by Crippen LogP contribution is 2.27. The number of anilines is 2. The van der Waals surface area contributed by atoms with E-state index in [1.165, 1.54) is 0 Å². The highest BCUT2D eigenvalue weighted by molar-refractivity contribution is 5.98. The molecule has 2 fully saturated rings. The highest BCUT2D eigenvalue weighted by atomic mass is 16.2. The molecule has 1 aromatic carbocycles. The van der Waals surface area contributed by atoms with Crippen molar-refractivity contribution in [2.45, 2.75) is 39.2 Å². The summed E-state index contributed by atoms with van der Waals surface area (Å²) in [5, 5.41) is 5.69. The van der Waals surface area contributed by atoms with Gasteiger partial charge in [-0.25, -0.2) is 0 Å². The van der Waals surface area contributed by atoms with E-state index in [9.17, 15) is 14.4 Å². The molecule has 140 valence electrons. The van der Waals surface area contributed by atoms with Gasteiger partial charge >= 0.3 is 0 Å². The summed E-state index contributed by atoms with van der Waals surface area (Å²) >= 11 is 0. The van der Waals surface area contributed by atoms with Crippen molar-refractivity contribution in [2.24, 2.45) is 0 Å². The van der Waals surface area contributed by atoms with Gasteiger partial charge in [-0.15, -0.1) is 0 Å². The molecule has 0 aliphatic carbocycles. The van der Waals surface area contributed by atoms with E-state index in [-0.39, 0.29) is 24.1 Å². The van der Waals surface area contributed by atoms with E-state index < -0.39 is 6.04 Å². The van der Waals surface area contributed by atoms with Crippen LogP contribution >= 0.6 is 0 Å². The Bertz CT molecular complexity index is 719. The van der Waals surface area contributed by atoms with Gasteiger partial charge in [-0.2, -0.15) is 0 Å². The normalized spacial score (nSPS) is 21.0. The minimum Gasteiger partial charge on any atom is -0.353 e. The molecule has 2 saturated heterocycles. The van der Waals surface area contributed by atoms with Crippen molar-refractivity contribution >= 4 is 29.1 Å². The zero-order valence-corrected chi connectivity index (χ0v) is 15.4. The summed E-state index contributed by atoms with van der Waals surface area (Å²) < 4.78 is 0. The zero-order valence-electron chi connectivity index (χ0n) is 15.4. The number of nitrogens with one attached hydrogen (secondary N) is 2. The van der Waals surface area contributed by atoms with Crippen molar-refractivity contribution in [3.05, 3.63) is 23.8 Å². The van der Waals surface area contributed by atoms with Crippen LogP contribution < -0.4 is 15.5 Å². The Labute approximate surface area is 153 Å². The number of rotatable bonds is 5. The molecule has 7 nitrogen and oxygen atoms in total. The van der Waals surface area contributed by atoms with Crippen LogP contribution in [-0.2, 0) is 14.4 Å². The third-order valence-corrected chi connectivity index (χ3v) is 5.07. The summed E-state index contributed by atoms with van der Waals surface area (Å²) in [5.41, 5.74) is 2.53. The van der Waals surface area contributed by atoms with Gasteiger partial charge in [-0.3, -0.25) is 19.3 Å². The molecular formula is C19H26N4O3. The summed E-state index contributed by atoms with van der Waals surface area (Å²) in [6.45, 7) is 6.80. The maximum Gasteiger partial charge on any atom is 0.237 e. The minimum atomic E-state index is -0.420. The maximum atomic E-state index is 12.4. The lowest BCUT2D eigenvalue weighted by atomic mass is 10.1. The summed E-state index contributed by atoms with van der Waals surface area (Å²) in [6.07, 6.45) is 1.61. The first kappa shape index (κ1) is 18.4. The Hall–Kier alpha value is -2.41.